The first-order chi connectivity index (χ1) is 9.28. The highest BCUT2D eigenvalue weighted by molar-refractivity contribution is 5.89. The number of carbonyl (C=O) groups is 1. The van der Waals surface area contributed by atoms with Crippen LogP contribution >= 0.6 is 0 Å². The number of nitrogens with zero attached hydrogens (tertiary/aromatic N) is 3. The Morgan fingerprint density at radius 1 is 1.42 bits per heavy atom. The Morgan fingerprint density at radius 3 is 3.16 bits per heavy atom. The predicted molar refractivity (Wildman–Crippen MR) is 69.2 cm³/mol. The second-order valence-electron chi connectivity index (χ2n) is 4.04. The van der Waals surface area contributed by atoms with Gasteiger partial charge in [-0.05, 0) is 25.1 Å². The number of aromatic amines is 1. The van der Waals surface area contributed by atoms with Crippen LogP contribution < -0.4 is 0 Å². The largest absolute Gasteiger partial charge is 0.462 e. The molecular weight excluding hydrogens is 244 g/mol. The van der Waals surface area contributed by atoms with Crippen molar-refractivity contribution < 1.29 is 9.53 Å². The Morgan fingerprint density at radius 2 is 2.32 bits per heavy atom. The van der Waals surface area contributed by atoms with Gasteiger partial charge in [-0.25, -0.2) is 9.48 Å². The molecule has 0 atom stereocenters. The first-order valence-corrected chi connectivity index (χ1v) is 5.93. The maximum atomic E-state index is 11.6. The lowest BCUT2D eigenvalue weighted by atomic mass is 10.2. The van der Waals surface area contributed by atoms with Crippen molar-refractivity contribution in [2.45, 2.75) is 6.92 Å². The molecule has 19 heavy (non-hydrogen) atoms. The number of nitrogens with one attached hydrogen (secondary N) is 1. The van der Waals surface area contributed by atoms with Crippen molar-refractivity contribution in [3.63, 3.8) is 0 Å². The van der Waals surface area contributed by atoms with Gasteiger partial charge >= 0.3 is 5.97 Å². The highest BCUT2D eigenvalue weighted by atomic mass is 16.5. The van der Waals surface area contributed by atoms with E-state index < -0.39 is 0 Å². The lowest BCUT2D eigenvalue weighted by molar-refractivity contribution is 0.0526. The minimum absolute atomic E-state index is 0.352. The third-order valence-electron chi connectivity index (χ3n) is 2.78. The molecule has 2 aromatic heterocycles. The van der Waals surface area contributed by atoms with Crippen LogP contribution in [0.4, 0.5) is 0 Å². The average molecular weight is 256 g/mol. The van der Waals surface area contributed by atoms with Gasteiger partial charge in [0.05, 0.1) is 35.8 Å². The number of esters is 1. The van der Waals surface area contributed by atoms with Crippen molar-refractivity contribution in [1.29, 1.82) is 0 Å². The lowest BCUT2D eigenvalue weighted by Crippen LogP contribution is -2.03. The number of hydrogen-bond donors (Lipinski definition) is 1. The molecule has 0 saturated heterocycles. The van der Waals surface area contributed by atoms with E-state index in [2.05, 4.69) is 15.3 Å². The van der Waals surface area contributed by atoms with Gasteiger partial charge in [-0.2, -0.15) is 10.2 Å². The van der Waals surface area contributed by atoms with Crippen molar-refractivity contribution >= 4 is 16.9 Å². The summed E-state index contributed by atoms with van der Waals surface area (Å²) in [4.78, 5) is 11.6. The van der Waals surface area contributed by atoms with E-state index in [1.807, 2.05) is 18.2 Å². The Kier molecular flexibility index (Phi) is 2.75. The third kappa shape index (κ3) is 2.08. The molecule has 2 heterocycles. The maximum absolute atomic E-state index is 11.6. The Labute approximate surface area is 109 Å². The molecule has 96 valence electrons. The van der Waals surface area contributed by atoms with Crippen LogP contribution in [0.1, 0.15) is 17.3 Å². The zero-order chi connectivity index (χ0) is 13.2. The van der Waals surface area contributed by atoms with Crippen molar-refractivity contribution in [3.8, 4) is 5.69 Å². The minimum atomic E-state index is -0.363. The summed E-state index contributed by atoms with van der Waals surface area (Å²) in [6.45, 7) is 2.13. The normalized spacial score (nSPS) is 10.8. The summed E-state index contributed by atoms with van der Waals surface area (Å²) < 4.78 is 6.57. The van der Waals surface area contributed by atoms with Crippen LogP contribution in [-0.2, 0) is 4.74 Å². The quantitative estimate of drug-likeness (QED) is 0.727. The number of ether oxygens (including phenoxy) is 1. The Bertz CT molecular complexity index is 729. The van der Waals surface area contributed by atoms with Gasteiger partial charge < -0.3 is 4.74 Å². The van der Waals surface area contributed by atoms with E-state index in [9.17, 15) is 4.79 Å². The van der Waals surface area contributed by atoms with Gasteiger partial charge in [0, 0.05) is 11.6 Å². The number of carbonyl (C=O) groups excluding carboxylic acids is 1. The molecule has 6 heteroatoms. The van der Waals surface area contributed by atoms with Crippen molar-refractivity contribution in [2.24, 2.45) is 0 Å². The molecule has 0 aliphatic heterocycles. The van der Waals surface area contributed by atoms with Crippen molar-refractivity contribution in [3.05, 3.63) is 42.4 Å². The summed E-state index contributed by atoms with van der Waals surface area (Å²) in [6, 6.07) is 5.77. The van der Waals surface area contributed by atoms with Gasteiger partial charge in [0.15, 0.2) is 0 Å². The van der Waals surface area contributed by atoms with Crippen LogP contribution in [0.15, 0.2) is 36.8 Å². The van der Waals surface area contributed by atoms with E-state index in [0.29, 0.717) is 12.2 Å². The summed E-state index contributed by atoms with van der Waals surface area (Å²) in [6.07, 6.45) is 4.89. The first-order valence-electron chi connectivity index (χ1n) is 5.93. The monoisotopic (exact) mass is 256 g/mol. The molecular formula is C13H12N4O2. The zero-order valence-electron chi connectivity index (χ0n) is 10.3. The molecule has 0 amide bonds. The summed E-state index contributed by atoms with van der Waals surface area (Å²) in [5.41, 5.74) is 2.26. The van der Waals surface area contributed by atoms with Gasteiger partial charge in [-0.1, -0.05) is 0 Å². The number of aromatic nitrogens is 4. The van der Waals surface area contributed by atoms with E-state index in [1.165, 1.54) is 6.20 Å². The second kappa shape index (κ2) is 4.56. The molecule has 1 aromatic carbocycles. The van der Waals surface area contributed by atoms with Gasteiger partial charge in [0.1, 0.15) is 0 Å². The summed E-state index contributed by atoms with van der Waals surface area (Å²) in [5.74, 6) is -0.363. The predicted octanol–water partition coefficient (Wildman–Crippen LogP) is 1.93. The highest BCUT2D eigenvalue weighted by Crippen LogP contribution is 2.16. The third-order valence-corrected chi connectivity index (χ3v) is 2.78. The molecule has 3 aromatic rings. The SMILES string of the molecule is CCOC(=O)c1cnn(-c2ccc3[nH]ncc3c2)c1. The number of fused-ring (bicyclic) bond motifs is 1. The van der Waals surface area contributed by atoms with Crippen molar-refractivity contribution in [1.82, 2.24) is 20.0 Å². The summed E-state index contributed by atoms with van der Waals surface area (Å²) >= 11 is 0. The number of hydrogen-bond acceptors (Lipinski definition) is 4. The summed E-state index contributed by atoms with van der Waals surface area (Å²) in [7, 11) is 0. The fourth-order valence-corrected chi connectivity index (χ4v) is 1.86. The fraction of sp³-hybridized carbons (Fsp3) is 0.154. The van der Waals surface area contributed by atoms with E-state index in [4.69, 9.17) is 4.74 Å². The van der Waals surface area contributed by atoms with Gasteiger partial charge in [-0.3, -0.25) is 5.10 Å². The number of benzene rings is 1. The van der Waals surface area contributed by atoms with Crippen molar-refractivity contribution in [2.75, 3.05) is 6.61 Å². The smallest absolute Gasteiger partial charge is 0.341 e. The van der Waals surface area contributed by atoms with E-state index >= 15 is 0 Å². The molecule has 0 bridgehead atoms. The molecule has 0 unspecified atom stereocenters. The van der Waals surface area contributed by atoms with Crippen LogP contribution in [0.25, 0.3) is 16.6 Å². The van der Waals surface area contributed by atoms with Gasteiger partial charge in [0.2, 0.25) is 0 Å². The number of rotatable bonds is 3. The van der Waals surface area contributed by atoms with E-state index in [0.717, 1.165) is 16.6 Å². The molecule has 0 saturated carbocycles. The fourth-order valence-electron chi connectivity index (χ4n) is 1.86. The first kappa shape index (κ1) is 11.5. The lowest BCUT2D eigenvalue weighted by Gasteiger charge is -2.00. The van der Waals surface area contributed by atoms with Crippen LogP contribution in [0, 0.1) is 0 Å². The standard InChI is InChI=1S/C13H12N4O2/c1-2-19-13(18)10-7-15-17(8-10)11-3-4-12-9(5-11)6-14-16-12/h3-8H,2H2,1H3,(H,14,16). The van der Waals surface area contributed by atoms with E-state index in [-0.39, 0.29) is 5.97 Å². The molecule has 3 rings (SSSR count). The second-order valence-corrected chi connectivity index (χ2v) is 4.04. The molecule has 0 radical (unpaired) electrons. The average Bonchev–Trinajstić information content (AvgIpc) is 3.07. The molecule has 1 N–H and O–H groups in total. The Hall–Kier alpha value is -2.63. The van der Waals surface area contributed by atoms with Crippen LogP contribution in [0.3, 0.4) is 0 Å². The topological polar surface area (TPSA) is 72.8 Å². The van der Waals surface area contributed by atoms with Gasteiger partial charge in [0.25, 0.3) is 0 Å². The molecule has 0 spiro atoms. The maximum Gasteiger partial charge on any atom is 0.341 e. The van der Waals surface area contributed by atoms with Crippen LogP contribution in [0.5, 0.6) is 0 Å². The Balaban J connectivity index is 1.95. The zero-order valence-corrected chi connectivity index (χ0v) is 10.3. The highest BCUT2D eigenvalue weighted by Gasteiger charge is 2.10. The van der Waals surface area contributed by atoms with Gasteiger partial charge in [-0.15, -0.1) is 0 Å². The molecule has 0 aliphatic rings. The minimum Gasteiger partial charge on any atom is -0.462 e. The van der Waals surface area contributed by atoms with Crippen LogP contribution in [0.2, 0.25) is 0 Å². The van der Waals surface area contributed by atoms with Crippen LogP contribution in [-0.4, -0.2) is 32.6 Å². The molecule has 6 nitrogen and oxygen atoms in total. The van der Waals surface area contributed by atoms with E-state index in [1.54, 1.807) is 24.0 Å². The molecule has 0 aliphatic carbocycles. The number of H-pyrrole nitrogens is 1. The molecule has 0 fully saturated rings. The summed E-state index contributed by atoms with van der Waals surface area (Å²) in [5, 5.41) is 12.0.